The minimum Gasteiger partial charge on any atom is -0.353 e. The third-order valence-corrected chi connectivity index (χ3v) is 8.59. The smallest absolute Gasteiger partial charge is 0.235 e. The maximum absolute atomic E-state index is 12.8. The van der Waals surface area contributed by atoms with Crippen molar-refractivity contribution in [3.05, 3.63) is 72.7 Å². The summed E-state index contributed by atoms with van der Waals surface area (Å²) in [6.45, 7) is 3.28. The van der Waals surface area contributed by atoms with Gasteiger partial charge in [-0.3, -0.25) is 9.59 Å². The lowest BCUT2D eigenvalue weighted by Crippen LogP contribution is -2.27. The summed E-state index contributed by atoms with van der Waals surface area (Å²) in [5, 5.41) is 27.4. The number of carbonyl (C=O) groups is 2. The number of rotatable bonds is 6. The molecule has 0 bridgehead atoms. The van der Waals surface area contributed by atoms with Crippen molar-refractivity contribution in [2.45, 2.75) is 45.4 Å². The van der Waals surface area contributed by atoms with Crippen LogP contribution in [0.5, 0.6) is 0 Å². The number of hydrogen-bond acceptors (Lipinski definition) is 7. The van der Waals surface area contributed by atoms with Crippen LogP contribution in [-0.2, 0) is 22.4 Å². The van der Waals surface area contributed by atoms with Crippen LogP contribution in [0.1, 0.15) is 54.2 Å². The summed E-state index contributed by atoms with van der Waals surface area (Å²) in [6, 6.07) is 11.6. The van der Waals surface area contributed by atoms with Crippen molar-refractivity contribution in [2.24, 2.45) is 0 Å². The lowest BCUT2D eigenvalue weighted by Gasteiger charge is -2.29. The lowest BCUT2D eigenvalue weighted by molar-refractivity contribution is -0.114. The minimum absolute atomic E-state index is 0.0526. The van der Waals surface area contributed by atoms with Gasteiger partial charge in [0.25, 0.3) is 0 Å². The average molecular weight is 523 g/mol. The molecule has 2 aromatic rings. The zero-order chi connectivity index (χ0) is 25.1. The fraction of sp³-hybridized carbons (Fsp3) is 0.308. The molecule has 35 heavy (non-hydrogen) atoms. The van der Waals surface area contributed by atoms with E-state index in [-0.39, 0.29) is 17.4 Å². The van der Waals surface area contributed by atoms with Gasteiger partial charge in [-0.2, -0.15) is 10.5 Å². The first-order valence-corrected chi connectivity index (χ1v) is 13.4. The Hall–Kier alpha value is -3.04. The van der Waals surface area contributed by atoms with E-state index in [1.54, 1.807) is 19.1 Å². The normalized spacial score (nSPS) is 17.2. The van der Waals surface area contributed by atoms with Crippen molar-refractivity contribution in [2.75, 3.05) is 11.1 Å². The highest BCUT2D eigenvalue weighted by atomic mass is 35.5. The number of Topliss-reactive ketones (excluding diaryl/α,β-unsaturated/α-hetero) is 1. The molecule has 0 saturated heterocycles. The number of dihydropyridines is 1. The predicted molar refractivity (Wildman–Crippen MR) is 140 cm³/mol. The van der Waals surface area contributed by atoms with Crippen LogP contribution in [0, 0.1) is 22.7 Å². The fourth-order valence-corrected chi connectivity index (χ4v) is 6.83. The number of ketones is 1. The van der Waals surface area contributed by atoms with Crippen LogP contribution < -0.4 is 10.6 Å². The molecule has 1 aromatic heterocycles. The van der Waals surface area contributed by atoms with E-state index in [1.165, 1.54) is 34.9 Å². The highest BCUT2D eigenvalue weighted by Gasteiger charge is 2.33. The van der Waals surface area contributed by atoms with Crippen LogP contribution in [0.2, 0.25) is 5.02 Å². The Morgan fingerprint density at radius 2 is 1.91 bits per heavy atom. The molecule has 0 unspecified atom stereocenters. The maximum atomic E-state index is 12.8. The molecule has 2 N–H and O–H groups in total. The number of nitrogens with zero attached hydrogens (tertiary/aromatic N) is 2. The molecule has 0 fully saturated rings. The van der Waals surface area contributed by atoms with E-state index in [4.69, 9.17) is 11.6 Å². The van der Waals surface area contributed by atoms with Crippen molar-refractivity contribution in [1.82, 2.24) is 5.32 Å². The molecule has 4 rings (SSSR count). The third-order valence-electron chi connectivity index (χ3n) is 6.11. The summed E-state index contributed by atoms with van der Waals surface area (Å²) >= 11 is 8.74. The van der Waals surface area contributed by atoms with Crippen LogP contribution in [0.3, 0.4) is 0 Å². The van der Waals surface area contributed by atoms with Crippen molar-refractivity contribution in [3.8, 4) is 12.1 Å². The molecule has 1 amide bonds. The molecular weight excluding hydrogens is 500 g/mol. The number of thioether (sulfide) groups is 1. The zero-order valence-corrected chi connectivity index (χ0v) is 21.7. The monoisotopic (exact) mass is 522 g/mol. The molecule has 2 aliphatic rings. The number of allylic oxidation sites excluding steroid dienone is 3. The van der Waals surface area contributed by atoms with E-state index >= 15 is 0 Å². The van der Waals surface area contributed by atoms with Crippen LogP contribution in [0.15, 0.2) is 46.1 Å². The van der Waals surface area contributed by atoms with E-state index < -0.39 is 5.92 Å². The van der Waals surface area contributed by atoms with Crippen molar-refractivity contribution >= 4 is 51.4 Å². The van der Waals surface area contributed by atoms with Gasteiger partial charge in [-0.1, -0.05) is 35.5 Å². The van der Waals surface area contributed by atoms with Gasteiger partial charge in [-0.15, -0.1) is 11.3 Å². The molecule has 1 aliphatic heterocycles. The molecule has 9 heteroatoms. The highest BCUT2D eigenvalue weighted by molar-refractivity contribution is 8.03. The van der Waals surface area contributed by atoms with E-state index in [9.17, 15) is 20.1 Å². The van der Waals surface area contributed by atoms with Gasteiger partial charge >= 0.3 is 0 Å². The van der Waals surface area contributed by atoms with Gasteiger partial charge < -0.3 is 10.6 Å². The molecule has 178 valence electrons. The van der Waals surface area contributed by atoms with Gasteiger partial charge in [0, 0.05) is 21.2 Å². The molecule has 6 nitrogen and oxygen atoms in total. The highest BCUT2D eigenvalue weighted by Crippen LogP contribution is 2.41. The summed E-state index contributed by atoms with van der Waals surface area (Å²) in [6.07, 6.45) is 3.97. The largest absolute Gasteiger partial charge is 0.353 e. The Kier molecular flexibility index (Phi) is 7.66. The number of halogens is 1. The molecular formula is C26H23ClN4O2S2. The molecule has 0 spiro atoms. The lowest BCUT2D eigenvalue weighted by atomic mass is 9.81. The number of benzene rings is 1. The third kappa shape index (κ3) is 5.16. The number of hydrogen-bond donors (Lipinski definition) is 2. The number of nitrogens with one attached hydrogen (secondary N) is 2. The van der Waals surface area contributed by atoms with Crippen molar-refractivity contribution in [1.29, 1.82) is 10.5 Å². The van der Waals surface area contributed by atoms with Crippen LogP contribution >= 0.6 is 34.7 Å². The van der Waals surface area contributed by atoms with Crippen LogP contribution in [0.25, 0.3) is 0 Å². The Bertz CT molecular complexity index is 1340. The second-order valence-electron chi connectivity index (χ2n) is 8.42. The van der Waals surface area contributed by atoms with E-state index in [0.717, 1.165) is 36.8 Å². The summed E-state index contributed by atoms with van der Waals surface area (Å²) in [5.41, 5.74) is 3.96. The number of amides is 1. The molecule has 2 heterocycles. The molecule has 1 atom stereocenters. The number of fused-ring (bicyclic) bond motifs is 1. The minimum atomic E-state index is -0.546. The maximum Gasteiger partial charge on any atom is 0.235 e. The second kappa shape index (κ2) is 10.7. The van der Waals surface area contributed by atoms with Gasteiger partial charge in [0.15, 0.2) is 5.78 Å². The Morgan fingerprint density at radius 3 is 2.57 bits per heavy atom. The summed E-state index contributed by atoms with van der Waals surface area (Å²) in [4.78, 5) is 26.5. The van der Waals surface area contributed by atoms with Crippen LogP contribution in [0.4, 0.5) is 5.00 Å². The summed E-state index contributed by atoms with van der Waals surface area (Å²) in [5.74, 6) is -0.874. The average Bonchev–Trinajstić information content (AvgIpc) is 3.19. The standard InChI is InChI=1S/C26H23ClN4O2S2/c1-14-23(15(2)32)24(16-7-9-17(27)10-8-16)20(12-29)25(30-14)34-13-22(33)31-26-19(11-28)18-5-3-4-6-21(18)35-26/h7-10,24,30H,3-6,13H2,1-2H3,(H,31,33)/t24-/m1/s1. The Morgan fingerprint density at radius 1 is 1.20 bits per heavy atom. The number of anilines is 1. The zero-order valence-electron chi connectivity index (χ0n) is 19.3. The summed E-state index contributed by atoms with van der Waals surface area (Å²) < 4.78 is 0. The quantitative estimate of drug-likeness (QED) is 0.496. The van der Waals surface area contributed by atoms with E-state index in [2.05, 4.69) is 22.8 Å². The van der Waals surface area contributed by atoms with Gasteiger partial charge in [-0.05, 0) is 62.8 Å². The molecule has 0 saturated carbocycles. The molecule has 1 aliphatic carbocycles. The van der Waals surface area contributed by atoms with Crippen molar-refractivity contribution in [3.63, 3.8) is 0 Å². The first-order chi connectivity index (χ1) is 16.8. The Labute approximate surface area is 217 Å². The first-order valence-electron chi connectivity index (χ1n) is 11.2. The number of aryl methyl sites for hydroxylation is 1. The SMILES string of the molecule is CC(=O)C1=C(C)NC(SCC(=O)Nc2sc3c(c2C#N)CCCC3)=C(C#N)[C@H]1c1ccc(Cl)cc1. The number of thiophene rings is 1. The topological polar surface area (TPSA) is 106 Å². The fourth-order valence-electron chi connectivity index (χ4n) is 4.55. The second-order valence-corrected chi connectivity index (χ2v) is 10.9. The van der Waals surface area contributed by atoms with Crippen LogP contribution in [-0.4, -0.2) is 17.4 Å². The van der Waals surface area contributed by atoms with Crippen molar-refractivity contribution < 1.29 is 9.59 Å². The van der Waals surface area contributed by atoms with E-state index in [1.807, 2.05) is 12.1 Å². The van der Waals surface area contributed by atoms with Gasteiger partial charge in [-0.25, -0.2) is 0 Å². The number of nitriles is 2. The predicted octanol–water partition coefficient (Wildman–Crippen LogP) is 5.81. The molecule has 1 aromatic carbocycles. The van der Waals surface area contributed by atoms with Gasteiger partial charge in [0.2, 0.25) is 5.91 Å². The van der Waals surface area contributed by atoms with E-state index in [0.29, 0.717) is 37.5 Å². The number of carbonyl (C=O) groups excluding carboxylic acids is 2. The first kappa shape index (κ1) is 25.1. The molecule has 0 radical (unpaired) electrons. The van der Waals surface area contributed by atoms with Gasteiger partial charge in [0.1, 0.15) is 11.1 Å². The Balaban J connectivity index is 1.57. The van der Waals surface area contributed by atoms with Gasteiger partial charge in [0.05, 0.1) is 33.9 Å². The summed E-state index contributed by atoms with van der Waals surface area (Å²) in [7, 11) is 0.